The highest BCUT2D eigenvalue weighted by Gasteiger charge is 2.27. The quantitative estimate of drug-likeness (QED) is 0.801. The SMILES string of the molecule is CCC[C@H](NC(=O)N1CCSCC1C)C(=O)O. The van der Waals surface area contributed by atoms with Gasteiger partial charge in [0.25, 0.3) is 0 Å². The fourth-order valence-electron chi connectivity index (χ4n) is 1.81. The van der Waals surface area contributed by atoms with Crippen molar-refractivity contribution in [2.75, 3.05) is 18.1 Å². The Hall–Kier alpha value is -0.910. The molecule has 0 spiro atoms. The van der Waals surface area contributed by atoms with Crippen LogP contribution < -0.4 is 5.32 Å². The first kappa shape index (κ1) is 14.2. The lowest BCUT2D eigenvalue weighted by atomic mass is 10.2. The van der Waals surface area contributed by atoms with E-state index < -0.39 is 12.0 Å². The summed E-state index contributed by atoms with van der Waals surface area (Å²) in [6.07, 6.45) is 1.21. The van der Waals surface area contributed by atoms with E-state index in [2.05, 4.69) is 5.32 Å². The first-order valence-corrected chi connectivity index (χ1v) is 7.09. The van der Waals surface area contributed by atoms with Gasteiger partial charge in [0.1, 0.15) is 6.04 Å². The van der Waals surface area contributed by atoms with Gasteiger partial charge in [-0.25, -0.2) is 9.59 Å². The Morgan fingerprint density at radius 3 is 2.82 bits per heavy atom. The molecule has 1 fully saturated rings. The van der Waals surface area contributed by atoms with E-state index in [-0.39, 0.29) is 12.1 Å². The zero-order valence-corrected chi connectivity index (χ0v) is 11.1. The van der Waals surface area contributed by atoms with Gasteiger partial charge in [-0.1, -0.05) is 13.3 Å². The third kappa shape index (κ3) is 4.11. The minimum Gasteiger partial charge on any atom is -0.480 e. The van der Waals surface area contributed by atoms with Crippen LogP contribution in [-0.2, 0) is 4.79 Å². The Bertz CT molecular complexity index is 286. The van der Waals surface area contributed by atoms with Crippen LogP contribution in [0.15, 0.2) is 0 Å². The molecule has 1 saturated heterocycles. The molecule has 1 unspecified atom stereocenters. The van der Waals surface area contributed by atoms with E-state index >= 15 is 0 Å². The number of thioether (sulfide) groups is 1. The molecule has 0 aromatic rings. The third-order valence-electron chi connectivity index (χ3n) is 2.80. The smallest absolute Gasteiger partial charge is 0.326 e. The van der Waals surface area contributed by atoms with Crippen LogP contribution in [0.5, 0.6) is 0 Å². The Labute approximate surface area is 106 Å². The summed E-state index contributed by atoms with van der Waals surface area (Å²) in [5.74, 6) is 0.876. The normalized spacial score (nSPS) is 22.0. The number of urea groups is 1. The largest absolute Gasteiger partial charge is 0.480 e. The molecular weight excluding hydrogens is 240 g/mol. The van der Waals surface area contributed by atoms with Gasteiger partial charge in [0.05, 0.1) is 0 Å². The number of nitrogens with zero attached hydrogens (tertiary/aromatic N) is 1. The number of carboxylic acids is 1. The molecule has 98 valence electrons. The molecule has 1 aliphatic rings. The van der Waals surface area contributed by atoms with Gasteiger partial charge in [0.15, 0.2) is 0 Å². The molecular formula is C11H20N2O3S. The van der Waals surface area contributed by atoms with Crippen LogP contribution in [0.3, 0.4) is 0 Å². The summed E-state index contributed by atoms with van der Waals surface area (Å²) < 4.78 is 0. The average molecular weight is 260 g/mol. The van der Waals surface area contributed by atoms with Crippen molar-refractivity contribution in [3.05, 3.63) is 0 Å². The first-order valence-electron chi connectivity index (χ1n) is 5.94. The van der Waals surface area contributed by atoms with Gasteiger partial charge in [0.2, 0.25) is 0 Å². The van der Waals surface area contributed by atoms with Crippen LogP contribution in [-0.4, -0.2) is 52.1 Å². The van der Waals surface area contributed by atoms with Crippen molar-refractivity contribution in [1.29, 1.82) is 0 Å². The van der Waals surface area contributed by atoms with Crippen LogP contribution in [0, 0.1) is 0 Å². The maximum Gasteiger partial charge on any atom is 0.326 e. The number of carboxylic acid groups (broad SMARTS) is 1. The molecule has 0 aromatic heterocycles. The zero-order valence-electron chi connectivity index (χ0n) is 10.3. The second-order valence-corrected chi connectivity index (χ2v) is 5.40. The molecule has 0 saturated carbocycles. The molecule has 17 heavy (non-hydrogen) atoms. The minimum atomic E-state index is -0.959. The number of amides is 2. The van der Waals surface area contributed by atoms with Gasteiger partial charge in [-0.2, -0.15) is 11.8 Å². The monoisotopic (exact) mass is 260 g/mol. The first-order chi connectivity index (χ1) is 8.06. The van der Waals surface area contributed by atoms with Crippen LogP contribution in [0.1, 0.15) is 26.7 Å². The van der Waals surface area contributed by atoms with Crippen LogP contribution in [0.25, 0.3) is 0 Å². The molecule has 2 atom stereocenters. The topological polar surface area (TPSA) is 69.6 Å². The summed E-state index contributed by atoms with van der Waals surface area (Å²) in [6.45, 7) is 4.58. The minimum absolute atomic E-state index is 0.171. The number of aliphatic carboxylic acids is 1. The lowest BCUT2D eigenvalue weighted by molar-refractivity contribution is -0.139. The van der Waals surface area contributed by atoms with Crippen LogP contribution >= 0.6 is 11.8 Å². The van der Waals surface area contributed by atoms with E-state index in [0.29, 0.717) is 13.0 Å². The molecule has 1 aliphatic heterocycles. The van der Waals surface area contributed by atoms with Gasteiger partial charge >= 0.3 is 12.0 Å². The van der Waals surface area contributed by atoms with E-state index in [1.165, 1.54) is 0 Å². The molecule has 6 heteroatoms. The molecule has 1 rings (SSSR count). The van der Waals surface area contributed by atoms with Crippen molar-refractivity contribution < 1.29 is 14.7 Å². The summed E-state index contributed by atoms with van der Waals surface area (Å²) in [6, 6.07) is -0.849. The number of hydrogen-bond acceptors (Lipinski definition) is 3. The lowest BCUT2D eigenvalue weighted by Crippen LogP contribution is -2.53. The van der Waals surface area contributed by atoms with Crippen molar-refractivity contribution in [2.24, 2.45) is 0 Å². The van der Waals surface area contributed by atoms with Crippen molar-refractivity contribution in [2.45, 2.75) is 38.8 Å². The van der Waals surface area contributed by atoms with Gasteiger partial charge < -0.3 is 15.3 Å². The molecule has 5 nitrogen and oxygen atoms in total. The fraction of sp³-hybridized carbons (Fsp3) is 0.818. The summed E-state index contributed by atoms with van der Waals surface area (Å²) in [5, 5.41) is 11.6. The highest BCUT2D eigenvalue weighted by Crippen LogP contribution is 2.16. The van der Waals surface area contributed by atoms with Crippen molar-refractivity contribution in [1.82, 2.24) is 10.2 Å². The lowest BCUT2D eigenvalue weighted by Gasteiger charge is -2.33. The van der Waals surface area contributed by atoms with Gasteiger partial charge in [0, 0.05) is 24.1 Å². The van der Waals surface area contributed by atoms with E-state index in [1.54, 1.807) is 4.90 Å². The van der Waals surface area contributed by atoms with Crippen LogP contribution in [0.4, 0.5) is 4.79 Å². The second kappa shape index (κ2) is 6.74. The molecule has 1 heterocycles. The number of rotatable bonds is 4. The van der Waals surface area contributed by atoms with E-state index in [1.807, 2.05) is 25.6 Å². The number of carbonyl (C=O) groups excluding carboxylic acids is 1. The second-order valence-electron chi connectivity index (χ2n) is 4.25. The predicted octanol–water partition coefficient (Wildman–Crippen LogP) is 1.39. The fourth-order valence-corrected chi connectivity index (χ4v) is 2.82. The molecule has 0 radical (unpaired) electrons. The van der Waals surface area contributed by atoms with E-state index in [4.69, 9.17) is 5.11 Å². The van der Waals surface area contributed by atoms with Crippen molar-refractivity contribution in [3.8, 4) is 0 Å². The molecule has 0 aliphatic carbocycles. The Morgan fingerprint density at radius 2 is 2.29 bits per heavy atom. The third-order valence-corrected chi connectivity index (χ3v) is 3.99. The van der Waals surface area contributed by atoms with Crippen LogP contribution in [0.2, 0.25) is 0 Å². The molecule has 0 aromatic carbocycles. The number of hydrogen-bond donors (Lipinski definition) is 2. The van der Waals surface area contributed by atoms with E-state index in [0.717, 1.165) is 17.9 Å². The van der Waals surface area contributed by atoms with Crippen molar-refractivity contribution >= 4 is 23.8 Å². The Balaban J connectivity index is 2.53. The van der Waals surface area contributed by atoms with Crippen molar-refractivity contribution in [3.63, 3.8) is 0 Å². The van der Waals surface area contributed by atoms with E-state index in [9.17, 15) is 9.59 Å². The van der Waals surface area contributed by atoms with Gasteiger partial charge in [-0.3, -0.25) is 0 Å². The van der Waals surface area contributed by atoms with Gasteiger partial charge in [-0.05, 0) is 13.3 Å². The summed E-state index contributed by atoms with van der Waals surface area (Å²) in [5.41, 5.74) is 0. The summed E-state index contributed by atoms with van der Waals surface area (Å²) in [4.78, 5) is 24.6. The molecule has 2 amide bonds. The average Bonchev–Trinajstić information content (AvgIpc) is 2.28. The Morgan fingerprint density at radius 1 is 1.59 bits per heavy atom. The maximum absolute atomic E-state index is 11.9. The number of carbonyl (C=O) groups is 2. The summed E-state index contributed by atoms with van der Waals surface area (Å²) in [7, 11) is 0. The summed E-state index contributed by atoms with van der Waals surface area (Å²) >= 11 is 1.82. The number of nitrogens with one attached hydrogen (secondary N) is 1. The highest BCUT2D eigenvalue weighted by molar-refractivity contribution is 7.99. The predicted molar refractivity (Wildman–Crippen MR) is 68.4 cm³/mol. The maximum atomic E-state index is 11.9. The molecule has 2 N–H and O–H groups in total. The highest BCUT2D eigenvalue weighted by atomic mass is 32.2. The molecule has 0 bridgehead atoms. The Kier molecular flexibility index (Phi) is 5.61. The zero-order chi connectivity index (χ0) is 12.8. The standard InChI is InChI=1S/C11H20N2O3S/c1-3-4-9(10(14)15)12-11(16)13-5-6-17-7-8(13)2/h8-9H,3-7H2,1-2H3,(H,12,16)(H,14,15)/t8?,9-/m0/s1. The van der Waals surface area contributed by atoms with Gasteiger partial charge in [-0.15, -0.1) is 0 Å².